The highest BCUT2D eigenvalue weighted by Gasteiger charge is 2.03. The minimum absolute atomic E-state index is 0.00920. The largest absolute Gasteiger partial charge is 0.481 e. The van der Waals surface area contributed by atoms with E-state index in [2.05, 4.69) is 5.32 Å². The van der Waals surface area contributed by atoms with Crippen LogP contribution in [0.5, 0.6) is 0 Å². The third-order valence-electron chi connectivity index (χ3n) is 2.45. The number of carboxylic acid groups (broad SMARTS) is 1. The molecule has 0 radical (unpaired) electrons. The Morgan fingerprint density at radius 1 is 1.17 bits per heavy atom. The molecule has 18 heavy (non-hydrogen) atoms. The predicted molar refractivity (Wildman–Crippen MR) is 69.3 cm³/mol. The quantitative estimate of drug-likeness (QED) is 0.637. The molecule has 5 nitrogen and oxygen atoms in total. The summed E-state index contributed by atoms with van der Waals surface area (Å²) in [5.41, 5.74) is 6.74. The van der Waals surface area contributed by atoms with E-state index in [0.29, 0.717) is 24.2 Å². The Kier molecular flexibility index (Phi) is 5.87. The van der Waals surface area contributed by atoms with Gasteiger partial charge in [0.05, 0.1) is 6.42 Å². The lowest BCUT2D eigenvalue weighted by Gasteiger charge is -2.05. The smallest absolute Gasteiger partial charge is 0.307 e. The highest BCUT2D eigenvalue weighted by atomic mass is 16.4. The molecule has 4 N–H and O–H groups in total. The highest BCUT2D eigenvalue weighted by Crippen LogP contribution is 2.11. The Balaban J connectivity index is 2.43. The first-order valence-electron chi connectivity index (χ1n) is 5.92. The molecule has 0 saturated carbocycles. The third kappa shape index (κ3) is 5.45. The highest BCUT2D eigenvalue weighted by molar-refractivity contribution is 5.90. The average molecular weight is 250 g/mol. The van der Waals surface area contributed by atoms with E-state index in [-0.39, 0.29) is 12.3 Å². The van der Waals surface area contributed by atoms with Crippen LogP contribution < -0.4 is 11.1 Å². The summed E-state index contributed by atoms with van der Waals surface area (Å²) in [6, 6.07) is 6.81. The zero-order valence-corrected chi connectivity index (χ0v) is 10.2. The summed E-state index contributed by atoms with van der Waals surface area (Å²) in [6.07, 6.45) is 2.06. The average Bonchev–Trinajstić information content (AvgIpc) is 2.31. The van der Waals surface area contributed by atoms with Crippen LogP contribution in [0.25, 0.3) is 0 Å². The third-order valence-corrected chi connectivity index (χ3v) is 2.45. The Morgan fingerprint density at radius 3 is 2.39 bits per heavy atom. The first kappa shape index (κ1) is 14.2. The van der Waals surface area contributed by atoms with Gasteiger partial charge >= 0.3 is 5.97 Å². The van der Waals surface area contributed by atoms with Gasteiger partial charge in [-0.2, -0.15) is 0 Å². The lowest BCUT2D eigenvalue weighted by molar-refractivity contribution is -0.136. The molecule has 0 fully saturated rings. The van der Waals surface area contributed by atoms with E-state index >= 15 is 0 Å². The molecule has 1 aromatic rings. The van der Waals surface area contributed by atoms with Crippen LogP contribution in [0.3, 0.4) is 0 Å². The Labute approximate surface area is 106 Å². The van der Waals surface area contributed by atoms with Gasteiger partial charge in [0, 0.05) is 12.1 Å². The van der Waals surface area contributed by atoms with Gasteiger partial charge in [0.1, 0.15) is 0 Å². The van der Waals surface area contributed by atoms with E-state index in [1.807, 2.05) is 0 Å². The number of hydrogen-bond acceptors (Lipinski definition) is 3. The number of rotatable bonds is 7. The van der Waals surface area contributed by atoms with Gasteiger partial charge in [-0.15, -0.1) is 0 Å². The number of benzene rings is 1. The lowest BCUT2D eigenvalue weighted by Crippen LogP contribution is -2.12. The molecular weight excluding hydrogens is 232 g/mol. The molecule has 0 aliphatic heterocycles. The van der Waals surface area contributed by atoms with Crippen LogP contribution in [0.1, 0.15) is 24.8 Å². The molecule has 1 aromatic carbocycles. The molecule has 0 heterocycles. The van der Waals surface area contributed by atoms with Gasteiger partial charge in [0.25, 0.3) is 0 Å². The summed E-state index contributed by atoms with van der Waals surface area (Å²) in [4.78, 5) is 22.0. The minimum Gasteiger partial charge on any atom is -0.481 e. The van der Waals surface area contributed by atoms with E-state index in [9.17, 15) is 9.59 Å². The molecule has 1 amide bonds. The molecule has 0 unspecified atom stereocenters. The maximum atomic E-state index is 11.5. The molecule has 0 atom stereocenters. The van der Waals surface area contributed by atoms with Gasteiger partial charge in [-0.25, -0.2) is 0 Å². The monoisotopic (exact) mass is 250 g/mol. The van der Waals surface area contributed by atoms with E-state index in [1.54, 1.807) is 24.3 Å². The van der Waals surface area contributed by atoms with Crippen LogP contribution in [0, 0.1) is 0 Å². The molecule has 1 rings (SSSR count). The molecule has 0 saturated heterocycles. The van der Waals surface area contributed by atoms with Gasteiger partial charge in [-0.1, -0.05) is 12.1 Å². The van der Waals surface area contributed by atoms with Crippen molar-refractivity contribution in [3.63, 3.8) is 0 Å². The molecule has 98 valence electrons. The normalized spacial score (nSPS) is 10.1. The van der Waals surface area contributed by atoms with E-state index < -0.39 is 5.97 Å². The van der Waals surface area contributed by atoms with Crippen LogP contribution in [0.15, 0.2) is 24.3 Å². The maximum Gasteiger partial charge on any atom is 0.307 e. The van der Waals surface area contributed by atoms with Gasteiger partial charge in [-0.05, 0) is 37.1 Å². The molecule has 0 aromatic heterocycles. The Hall–Kier alpha value is -1.88. The zero-order valence-electron chi connectivity index (χ0n) is 10.2. The van der Waals surface area contributed by atoms with Crippen molar-refractivity contribution in [2.24, 2.45) is 5.73 Å². The minimum atomic E-state index is -0.867. The second-order valence-corrected chi connectivity index (χ2v) is 4.06. The van der Waals surface area contributed by atoms with Crippen molar-refractivity contribution in [1.29, 1.82) is 0 Å². The van der Waals surface area contributed by atoms with Crippen molar-refractivity contribution in [2.45, 2.75) is 25.7 Å². The summed E-state index contributed by atoms with van der Waals surface area (Å²) in [5.74, 6) is -0.914. The van der Waals surface area contributed by atoms with E-state index in [4.69, 9.17) is 10.8 Å². The second kappa shape index (κ2) is 7.45. The van der Waals surface area contributed by atoms with Crippen molar-refractivity contribution < 1.29 is 14.7 Å². The molecule has 0 aliphatic rings. The maximum absolute atomic E-state index is 11.5. The first-order chi connectivity index (χ1) is 8.61. The summed E-state index contributed by atoms with van der Waals surface area (Å²) in [6.45, 7) is 0.594. The van der Waals surface area contributed by atoms with Gasteiger partial charge < -0.3 is 16.2 Å². The Morgan fingerprint density at radius 2 is 1.83 bits per heavy atom. The number of amides is 1. The number of hydrogen-bond donors (Lipinski definition) is 3. The van der Waals surface area contributed by atoms with E-state index in [1.165, 1.54) is 0 Å². The van der Waals surface area contributed by atoms with Crippen LogP contribution >= 0.6 is 0 Å². The van der Waals surface area contributed by atoms with Gasteiger partial charge in [-0.3, -0.25) is 9.59 Å². The number of carboxylic acids is 1. The second-order valence-electron chi connectivity index (χ2n) is 4.06. The zero-order chi connectivity index (χ0) is 13.4. The fourth-order valence-electron chi connectivity index (χ4n) is 1.53. The fraction of sp³-hybridized carbons (Fsp3) is 0.385. The van der Waals surface area contributed by atoms with Crippen molar-refractivity contribution >= 4 is 17.6 Å². The number of anilines is 1. The number of nitrogens with two attached hydrogens (primary N) is 1. The SMILES string of the molecule is NCCCCC(=O)Nc1ccc(CC(=O)O)cc1. The summed E-state index contributed by atoms with van der Waals surface area (Å²) in [5, 5.41) is 11.4. The Bertz CT molecular complexity index is 401. The van der Waals surface area contributed by atoms with Crippen molar-refractivity contribution in [3.8, 4) is 0 Å². The van der Waals surface area contributed by atoms with Crippen molar-refractivity contribution in [1.82, 2.24) is 0 Å². The first-order valence-corrected chi connectivity index (χ1v) is 5.92. The fourth-order valence-corrected chi connectivity index (χ4v) is 1.53. The van der Waals surface area contributed by atoms with Crippen LogP contribution in [-0.2, 0) is 16.0 Å². The summed E-state index contributed by atoms with van der Waals surface area (Å²) >= 11 is 0. The van der Waals surface area contributed by atoms with Gasteiger partial charge in [0.15, 0.2) is 0 Å². The molecule has 5 heteroatoms. The predicted octanol–water partition coefficient (Wildman–Crippen LogP) is 1.38. The summed E-state index contributed by atoms with van der Waals surface area (Å²) in [7, 11) is 0. The number of nitrogens with one attached hydrogen (secondary N) is 1. The number of aliphatic carboxylic acids is 1. The number of carbonyl (C=O) groups is 2. The molecular formula is C13H18N2O3. The standard InChI is InChI=1S/C13H18N2O3/c14-8-2-1-3-12(16)15-11-6-4-10(5-7-11)9-13(17)18/h4-7H,1-3,8-9,14H2,(H,15,16)(H,17,18). The van der Waals surface area contributed by atoms with Gasteiger partial charge in [0.2, 0.25) is 5.91 Å². The number of carbonyl (C=O) groups excluding carboxylic acids is 1. The number of unbranched alkanes of at least 4 members (excludes halogenated alkanes) is 1. The van der Waals surface area contributed by atoms with Crippen molar-refractivity contribution in [2.75, 3.05) is 11.9 Å². The van der Waals surface area contributed by atoms with Crippen LogP contribution in [0.2, 0.25) is 0 Å². The molecule has 0 spiro atoms. The topological polar surface area (TPSA) is 92.4 Å². The summed E-state index contributed by atoms with van der Waals surface area (Å²) < 4.78 is 0. The lowest BCUT2D eigenvalue weighted by atomic mass is 10.1. The molecule has 0 bridgehead atoms. The molecule has 0 aliphatic carbocycles. The van der Waals surface area contributed by atoms with Crippen molar-refractivity contribution in [3.05, 3.63) is 29.8 Å². The van der Waals surface area contributed by atoms with Crippen LogP contribution in [0.4, 0.5) is 5.69 Å². The van der Waals surface area contributed by atoms with E-state index in [0.717, 1.165) is 12.8 Å². The van der Waals surface area contributed by atoms with Crippen LogP contribution in [-0.4, -0.2) is 23.5 Å².